The third-order valence-corrected chi connectivity index (χ3v) is 3.53. The van der Waals surface area contributed by atoms with Crippen molar-refractivity contribution >= 4 is 5.95 Å². The van der Waals surface area contributed by atoms with Gasteiger partial charge in [-0.1, -0.05) is 0 Å². The molecule has 1 heterocycles. The Morgan fingerprint density at radius 2 is 1.88 bits per heavy atom. The van der Waals surface area contributed by atoms with Gasteiger partial charge in [0.15, 0.2) is 0 Å². The predicted molar refractivity (Wildman–Crippen MR) is 63.2 cm³/mol. The van der Waals surface area contributed by atoms with Crippen molar-refractivity contribution in [3.8, 4) is 0 Å². The molecular weight excluding hydrogens is 200 g/mol. The SMILES string of the molecule is N[C@H]1CC[C@H](Nc2ncc(C3CC3)cn2)C1. The summed E-state index contributed by atoms with van der Waals surface area (Å²) in [4.78, 5) is 8.73. The zero-order valence-electron chi connectivity index (χ0n) is 9.39. The fraction of sp³-hybridized carbons (Fsp3) is 0.667. The minimum absolute atomic E-state index is 0.350. The maximum Gasteiger partial charge on any atom is 0.222 e. The Kier molecular flexibility index (Phi) is 2.52. The van der Waals surface area contributed by atoms with Crippen LogP contribution in [0.1, 0.15) is 43.6 Å². The zero-order valence-corrected chi connectivity index (χ0v) is 9.39. The van der Waals surface area contributed by atoms with Gasteiger partial charge in [0.05, 0.1) is 0 Å². The molecule has 86 valence electrons. The summed E-state index contributed by atoms with van der Waals surface area (Å²) >= 11 is 0. The average molecular weight is 218 g/mol. The molecule has 0 bridgehead atoms. The number of nitrogens with two attached hydrogens (primary N) is 1. The first-order valence-electron chi connectivity index (χ1n) is 6.15. The van der Waals surface area contributed by atoms with E-state index in [0.717, 1.165) is 31.1 Å². The Morgan fingerprint density at radius 1 is 1.12 bits per heavy atom. The Hall–Kier alpha value is -1.16. The van der Waals surface area contributed by atoms with Crippen molar-refractivity contribution in [2.75, 3.05) is 5.32 Å². The van der Waals surface area contributed by atoms with Crippen molar-refractivity contribution in [2.24, 2.45) is 5.73 Å². The smallest absolute Gasteiger partial charge is 0.222 e. The second-order valence-electron chi connectivity index (χ2n) is 5.03. The minimum Gasteiger partial charge on any atom is -0.351 e. The average Bonchev–Trinajstić information content (AvgIpc) is 3.05. The van der Waals surface area contributed by atoms with E-state index in [1.807, 2.05) is 12.4 Å². The molecule has 2 aliphatic carbocycles. The number of rotatable bonds is 3. The number of nitrogens with zero attached hydrogens (tertiary/aromatic N) is 2. The number of hydrogen-bond donors (Lipinski definition) is 2. The van der Waals surface area contributed by atoms with E-state index in [-0.39, 0.29) is 0 Å². The summed E-state index contributed by atoms with van der Waals surface area (Å²) in [5, 5.41) is 3.36. The van der Waals surface area contributed by atoms with Gasteiger partial charge in [-0.15, -0.1) is 0 Å². The Morgan fingerprint density at radius 3 is 2.44 bits per heavy atom. The fourth-order valence-electron chi connectivity index (χ4n) is 2.37. The van der Waals surface area contributed by atoms with Crippen LogP contribution in [0.25, 0.3) is 0 Å². The van der Waals surface area contributed by atoms with Gasteiger partial charge >= 0.3 is 0 Å². The summed E-state index contributed by atoms with van der Waals surface area (Å²) in [5.74, 6) is 1.48. The van der Waals surface area contributed by atoms with Crippen molar-refractivity contribution in [1.29, 1.82) is 0 Å². The zero-order chi connectivity index (χ0) is 11.0. The summed E-state index contributed by atoms with van der Waals surface area (Å²) in [6, 6.07) is 0.810. The Labute approximate surface area is 95.7 Å². The molecule has 0 saturated heterocycles. The first-order valence-corrected chi connectivity index (χ1v) is 6.15. The molecule has 16 heavy (non-hydrogen) atoms. The first kappa shape index (κ1) is 10.0. The highest BCUT2D eigenvalue weighted by Gasteiger charge is 2.25. The summed E-state index contributed by atoms with van der Waals surface area (Å²) < 4.78 is 0. The van der Waals surface area contributed by atoms with Crippen molar-refractivity contribution in [2.45, 2.75) is 50.1 Å². The minimum atomic E-state index is 0.350. The summed E-state index contributed by atoms with van der Waals surface area (Å²) in [6.45, 7) is 0. The van der Waals surface area contributed by atoms with Crippen molar-refractivity contribution in [1.82, 2.24) is 9.97 Å². The van der Waals surface area contributed by atoms with Crippen LogP contribution in [-0.4, -0.2) is 22.1 Å². The summed E-state index contributed by atoms with van der Waals surface area (Å²) in [5.41, 5.74) is 7.16. The maximum absolute atomic E-state index is 5.87. The molecule has 1 aromatic heterocycles. The van der Waals surface area contributed by atoms with Crippen LogP contribution in [0.5, 0.6) is 0 Å². The summed E-state index contributed by atoms with van der Waals surface area (Å²) in [6.07, 6.45) is 9.80. The number of hydrogen-bond acceptors (Lipinski definition) is 4. The van der Waals surface area contributed by atoms with Crippen molar-refractivity contribution in [3.05, 3.63) is 18.0 Å². The molecular formula is C12H18N4. The standard InChI is InChI=1S/C12H18N4/c13-10-3-4-11(5-10)16-12-14-6-9(7-15-12)8-1-2-8/h6-8,10-11H,1-5,13H2,(H,14,15,16)/t10-,11-/m0/s1. The molecule has 3 rings (SSSR count). The quantitative estimate of drug-likeness (QED) is 0.809. The Bertz CT molecular complexity index is 358. The summed E-state index contributed by atoms with van der Waals surface area (Å²) in [7, 11) is 0. The fourth-order valence-corrected chi connectivity index (χ4v) is 2.37. The van der Waals surface area contributed by atoms with Crippen LogP contribution in [-0.2, 0) is 0 Å². The maximum atomic E-state index is 5.87. The van der Waals surface area contributed by atoms with E-state index in [2.05, 4.69) is 15.3 Å². The lowest BCUT2D eigenvalue weighted by atomic mass is 10.2. The molecule has 2 saturated carbocycles. The van der Waals surface area contributed by atoms with Gasteiger partial charge in [-0.2, -0.15) is 0 Å². The van der Waals surface area contributed by atoms with Gasteiger partial charge in [-0.3, -0.25) is 0 Å². The van der Waals surface area contributed by atoms with Crippen LogP contribution in [0.4, 0.5) is 5.95 Å². The van der Waals surface area contributed by atoms with Gasteiger partial charge in [-0.05, 0) is 43.6 Å². The molecule has 0 aromatic carbocycles. The van der Waals surface area contributed by atoms with Gasteiger partial charge in [0.2, 0.25) is 5.95 Å². The normalized spacial score (nSPS) is 29.3. The molecule has 3 N–H and O–H groups in total. The molecule has 0 aliphatic heterocycles. The van der Waals surface area contributed by atoms with E-state index in [1.54, 1.807) is 0 Å². The van der Waals surface area contributed by atoms with Gasteiger partial charge in [0.1, 0.15) is 0 Å². The molecule has 4 nitrogen and oxygen atoms in total. The molecule has 2 fully saturated rings. The van der Waals surface area contributed by atoms with Gasteiger partial charge < -0.3 is 11.1 Å². The molecule has 2 atom stereocenters. The van der Waals surface area contributed by atoms with Gasteiger partial charge in [0.25, 0.3) is 0 Å². The van der Waals surface area contributed by atoms with Crippen LogP contribution in [0, 0.1) is 0 Å². The van der Waals surface area contributed by atoms with Crippen molar-refractivity contribution in [3.63, 3.8) is 0 Å². The van der Waals surface area contributed by atoms with E-state index in [0.29, 0.717) is 12.1 Å². The first-order chi connectivity index (χ1) is 7.81. The lowest BCUT2D eigenvalue weighted by molar-refractivity contribution is 0.685. The van der Waals surface area contributed by atoms with E-state index < -0.39 is 0 Å². The molecule has 0 radical (unpaired) electrons. The molecule has 1 aromatic rings. The highest BCUT2D eigenvalue weighted by atomic mass is 15.1. The highest BCUT2D eigenvalue weighted by molar-refractivity contribution is 5.29. The molecule has 4 heteroatoms. The van der Waals surface area contributed by atoms with Crippen LogP contribution >= 0.6 is 0 Å². The topological polar surface area (TPSA) is 63.8 Å². The third kappa shape index (κ3) is 2.16. The Balaban J connectivity index is 1.61. The van der Waals surface area contributed by atoms with E-state index in [4.69, 9.17) is 5.73 Å². The third-order valence-electron chi connectivity index (χ3n) is 3.53. The molecule has 0 unspecified atom stereocenters. The van der Waals surface area contributed by atoms with Crippen LogP contribution < -0.4 is 11.1 Å². The monoisotopic (exact) mass is 218 g/mol. The molecule has 2 aliphatic rings. The molecule has 0 spiro atoms. The predicted octanol–water partition coefficient (Wildman–Crippen LogP) is 1.65. The second-order valence-corrected chi connectivity index (χ2v) is 5.03. The number of aromatic nitrogens is 2. The van der Waals surface area contributed by atoms with Crippen molar-refractivity contribution < 1.29 is 0 Å². The lowest BCUT2D eigenvalue weighted by Crippen LogP contribution is -2.21. The highest BCUT2D eigenvalue weighted by Crippen LogP contribution is 2.39. The van der Waals surface area contributed by atoms with Gasteiger partial charge in [-0.25, -0.2) is 9.97 Å². The second kappa shape index (κ2) is 4.01. The van der Waals surface area contributed by atoms with E-state index in [1.165, 1.54) is 18.4 Å². The molecule has 0 amide bonds. The van der Waals surface area contributed by atoms with Gasteiger partial charge in [0, 0.05) is 24.5 Å². The number of anilines is 1. The van der Waals surface area contributed by atoms with Crippen LogP contribution in [0.2, 0.25) is 0 Å². The largest absolute Gasteiger partial charge is 0.351 e. The van der Waals surface area contributed by atoms with E-state index in [9.17, 15) is 0 Å². The lowest BCUT2D eigenvalue weighted by Gasteiger charge is -2.11. The number of nitrogens with one attached hydrogen (secondary N) is 1. The van der Waals surface area contributed by atoms with Crippen LogP contribution in [0.15, 0.2) is 12.4 Å². The van der Waals surface area contributed by atoms with E-state index >= 15 is 0 Å². The van der Waals surface area contributed by atoms with Crippen LogP contribution in [0.3, 0.4) is 0 Å².